The van der Waals surface area contributed by atoms with E-state index in [1.807, 2.05) is 12.1 Å². The maximum Gasteiger partial charge on any atom is 0.170 e. The third-order valence-electron chi connectivity index (χ3n) is 3.22. The van der Waals surface area contributed by atoms with Crippen molar-refractivity contribution in [2.45, 2.75) is 13.0 Å². The van der Waals surface area contributed by atoms with Crippen molar-refractivity contribution in [1.82, 2.24) is 4.90 Å². The molecule has 21 heavy (non-hydrogen) atoms. The van der Waals surface area contributed by atoms with Crippen LogP contribution < -0.4 is 5.73 Å². The van der Waals surface area contributed by atoms with Crippen LogP contribution in [0.4, 0.5) is 0 Å². The van der Waals surface area contributed by atoms with Gasteiger partial charge in [0.15, 0.2) is 5.84 Å². The van der Waals surface area contributed by atoms with Crippen LogP contribution in [0.15, 0.2) is 40.9 Å². The largest absolute Gasteiger partial charge is 0.409 e. The summed E-state index contributed by atoms with van der Waals surface area (Å²) >= 11 is 8.04. The van der Waals surface area contributed by atoms with Crippen molar-refractivity contribution >= 4 is 28.8 Å². The van der Waals surface area contributed by atoms with Crippen LogP contribution in [-0.2, 0) is 13.0 Å². The zero-order chi connectivity index (χ0) is 15.2. The Labute approximate surface area is 133 Å². The van der Waals surface area contributed by atoms with Gasteiger partial charge in [0.2, 0.25) is 0 Å². The first-order chi connectivity index (χ1) is 10.1. The summed E-state index contributed by atoms with van der Waals surface area (Å²) in [6.45, 7) is 1.74. The summed E-state index contributed by atoms with van der Waals surface area (Å²) in [6.07, 6.45) is 1.04. The number of benzene rings is 1. The van der Waals surface area contributed by atoms with Crippen LogP contribution in [0.3, 0.4) is 0 Å². The van der Waals surface area contributed by atoms with Gasteiger partial charge in [-0.2, -0.15) is 0 Å². The molecule has 0 saturated carbocycles. The van der Waals surface area contributed by atoms with Crippen LogP contribution in [-0.4, -0.2) is 29.5 Å². The monoisotopic (exact) mass is 323 g/mol. The van der Waals surface area contributed by atoms with Gasteiger partial charge >= 0.3 is 0 Å². The molecule has 0 unspecified atom stereocenters. The Morgan fingerprint density at radius 1 is 1.43 bits per heavy atom. The van der Waals surface area contributed by atoms with Crippen LogP contribution >= 0.6 is 22.9 Å². The number of rotatable bonds is 6. The van der Waals surface area contributed by atoms with Crippen LogP contribution in [0.1, 0.15) is 16.0 Å². The van der Waals surface area contributed by atoms with E-state index in [1.54, 1.807) is 17.4 Å². The number of nitrogens with zero attached hydrogens (tertiary/aromatic N) is 2. The minimum atomic E-state index is 0.0644. The molecule has 0 amide bonds. The Balaban J connectivity index is 1.95. The number of hydrogen-bond acceptors (Lipinski definition) is 4. The van der Waals surface area contributed by atoms with Gasteiger partial charge in [0.1, 0.15) is 0 Å². The fourth-order valence-corrected chi connectivity index (χ4v) is 2.96. The van der Waals surface area contributed by atoms with Crippen molar-refractivity contribution in [1.29, 1.82) is 0 Å². The van der Waals surface area contributed by atoms with Crippen molar-refractivity contribution in [3.05, 3.63) is 56.7 Å². The molecule has 0 atom stereocenters. The van der Waals surface area contributed by atoms with Gasteiger partial charge in [-0.05, 0) is 36.5 Å². The quantitative estimate of drug-likeness (QED) is 0.371. The first kappa shape index (κ1) is 15.8. The first-order valence-electron chi connectivity index (χ1n) is 6.57. The minimum Gasteiger partial charge on any atom is -0.409 e. The van der Waals surface area contributed by atoms with Gasteiger partial charge in [-0.1, -0.05) is 35.0 Å². The Hall–Kier alpha value is -1.56. The maximum absolute atomic E-state index is 8.67. The van der Waals surface area contributed by atoms with Crippen LogP contribution in [0.2, 0.25) is 5.02 Å². The maximum atomic E-state index is 8.67. The standard InChI is InChI=1S/C15H18ClN3OS/c1-19(7-6-13-3-2-8-21-13)10-12-5-4-11(9-14(12)16)15(17)18-20/h2-5,8-9,20H,6-7,10H2,1H3,(H2,17,18). The molecule has 1 aromatic heterocycles. The van der Waals surface area contributed by atoms with Crippen molar-refractivity contribution in [2.24, 2.45) is 10.9 Å². The molecule has 4 nitrogen and oxygen atoms in total. The molecule has 0 aliphatic heterocycles. The lowest BCUT2D eigenvalue weighted by atomic mass is 10.1. The molecular weight excluding hydrogens is 306 g/mol. The van der Waals surface area contributed by atoms with Crippen LogP contribution in [0.25, 0.3) is 0 Å². The molecule has 0 aliphatic rings. The van der Waals surface area contributed by atoms with Crippen molar-refractivity contribution in [3.8, 4) is 0 Å². The van der Waals surface area contributed by atoms with E-state index in [4.69, 9.17) is 22.5 Å². The molecule has 0 bridgehead atoms. The zero-order valence-electron chi connectivity index (χ0n) is 11.8. The van der Waals surface area contributed by atoms with Crippen LogP contribution in [0.5, 0.6) is 0 Å². The van der Waals surface area contributed by atoms with Gasteiger partial charge in [-0.15, -0.1) is 11.3 Å². The highest BCUT2D eigenvalue weighted by Crippen LogP contribution is 2.19. The molecule has 0 fully saturated rings. The highest BCUT2D eigenvalue weighted by molar-refractivity contribution is 7.09. The minimum absolute atomic E-state index is 0.0644. The Morgan fingerprint density at radius 2 is 2.24 bits per heavy atom. The molecule has 1 heterocycles. The summed E-state index contributed by atoms with van der Waals surface area (Å²) in [7, 11) is 2.07. The molecule has 6 heteroatoms. The predicted octanol–water partition coefficient (Wildman–Crippen LogP) is 3.17. The van der Waals surface area contributed by atoms with Gasteiger partial charge in [0.25, 0.3) is 0 Å². The second-order valence-corrected chi connectivity index (χ2v) is 6.30. The summed E-state index contributed by atoms with van der Waals surface area (Å²) < 4.78 is 0. The summed E-state index contributed by atoms with van der Waals surface area (Å²) in [4.78, 5) is 3.61. The number of hydrogen-bond donors (Lipinski definition) is 2. The van der Waals surface area contributed by atoms with Gasteiger partial charge in [-0.25, -0.2) is 0 Å². The number of nitrogens with two attached hydrogens (primary N) is 1. The first-order valence-corrected chi connectivity index (χ1v) is 7.83. The van der Waals surface area contributed by atoms with Gasteiger partial charge in [0, 0.05) is 28.6 Å². The van der Waals surface area contributed by atoms with Gasteiger partial charge < -0.3 is 15.8 Å². The molecule has 0 aliphatic carbocycles. The van der Waals surface area contributed by atoms with Crippen molar-refractivity contribution in [3.63, 3.8) is 0 Å². The third-order valence-corrected chi connectivity index (χ3v) is 4.50. The fraction of sp³-hybridized carbons (Fsp3) is 0.267. The molecule has 1 aromatic carbocycles. The lowest BCUT2D eigenvalue weighted by Crippen LogP contribution is -2.21. The number of amidine groups is 1. The number of oxime groups is 1. The highest BCUT2D eigenvalue weighted by Gasteiger charge is 2.08. The summed E-state index contributed by atoms with van der Waals surface area (Å²) in [5, 5.41) is 14.4. The average molecular weight is 324 g/mol. The molecule has 0 radical (unpaired) electrons. The molecule has 2 rings (SSSR count). The molecule has 0 saturated heterocycles. The lowest BCUT2D eigenvalue weighted by molar-refractivity contribution is 0.318. The fourth-order valence-electron chi connectivity index (χ4n) is 2.02. The lowest BCUT2D eigenvalue weighted by Gasteiger charge is -2.17. The van der Waals surface area contributed by atoms with E-state index in [0.29, 0.717) is 10.6 Å². The van der Waals surface area contributed by atoms with E-state index in [2.05, 4.69) is 34.6 Å². The Bertz CT molecular complexity index is 613. The molecular formula is C15H18ClN3OS. The van der Waals surface area contributed by atoms with E-state index in [-0.39, 0.29) is 5.84 Å². The number of halogens is 1. The normalized spacial score (nSPS) is 12.0. The average Bonchev–Trinajstić information content (AvgIpc) is 2.99. The molecule has 3 N–H and O–H groups in total. The Kier molecular flexibility index (Phi) is 5.61. The zero-order valence-corrected chi connectivity index (χ0v) is 13.4. The summed E-state index contributed by atoms with van der Waals surface area (Å²) in [6, 6.07) is 9.67. The van der Waals surface area contributed by atoms with Crippen molar-refractivity contribution < 1.29 is 5.21 Å². The van der Waals surface area contributed by atoms with Crippen LogP contribution in [0, 0.1) is 0 Å². The second kappa shape index (κ2) is 7.45. The van der Waals surface area contributed by atoms with E-state index < -0.39 is 0 Å². The van der Waals surface area contributed by atoms with Crippen molar-refractivity contribution in [2.75, 3.05) is 13.6 Å². The highest BCUT2D eigenvalue weighted by atomic mass is 35.5. The number of likely N-dealkylation sites (N-methyl/N-ethyl adjacent to an activating group) is 1. The number of thiophene rings is 1. The molecule has 2 aromatic rings. The van der Waals surface area contributed by atoms with E-state index in [1.165, 1.54) is 4.88 Å². The second-order valence-electron chi connectivity index (χ2n) is 4.86. The topological polar surface area (TPSA) is 61.8 Å². The molecule has 0 spiro atoms. The van der Waals surface area contributed by atoms with Gasteiger partial charge in [-0.3, -0.25) is 0 Å². The predicted molar refractivity (Wildman–Crippen MR) is 88.3 cm³/mol. The molecule has 112 valence electrons. The third kappa shape index (κ3) is 4.46. The van der Waals surface area contributed by atoms with E-state index in [0.717, 1.165) is 25.1 Å². The van der Waals surface area contributed by atoms with E-state index >= 15 is 0 Å². The van der Waals surface area contributed by atoms with Gasteiger partial charge in [0.05, 0.1) is 0 Å². The smallest absolute Gasteiger partial charge is 0.170 e. The Morgan fingerprint density at radius 3 is 2.86 bits per heavy atom. The summed E-state index contributed by atoms with van der Waals surface area (Å²) in [5.74, 6) is 0.0644. The SMILES string of the molecule is CN(CCc1cccs1)Cc1ccc(/C(N)=N/O)cc1Cl. The summed E-state index contributed by atoms with van der Waals surface area (Å²) in [5.41, 5.74) is 7.19. The van der Waals surface area contributed by atoms with E-state index in [9.17, 15) is 0 Å².